The smallest absolute Gasteiger partial charge is 0.201 e. The van der Waals surface area contributed by atoms with Crippen molar-refractivity contribution in [2.45, 2.75) is 58.8 Å². The van der Waals surface area contributed by atoms with Gasteiger partial charge in [0.2, 0.25) is 5.69 Å². The first-order valence-corrected chi connectivity index (χ1v) is 8.49. The number of benzene rings is 1. The lowest BCUT2D eigenvalue weighted by atomic mass is 9.85. The lowest BCUT2D eigenvalue weighted by molar-refractivity contribution is -0.660. The zero-order valence-electron chi connectivity index (χ0n) is 14.7. The number of nitrogens with zero attached hydrogens (tertiary/aromatic N) is 1. The Kier molecular flexibility index (Phi) is 3.84. The second-order valence-corrected chi connectivity index (χ2v) is 7.80. The van der Waals surface area contributed by atoms with Gasteiger partial charge in [-0.3, -0.25) is 0 Å². The Morgan fingerprint density at radius 1 is 0.955 bits per heavy atom. The SMILES string of the molecule is Cc1cc2c(cc1-c1cc(C(C)(C)C)cc[n+]1C)CCCC2. The second-order valence-electron chi connectivity index (χ2n) is 7.80. The topological polar surface area (TPSA) is 3.88 Å². The van der Waals surface area contributed by atoms with Crippen LogP contribution in [0.5, 0.6) is 0 Å². The van der Waals surface area contributed by atoms with Gasteiger partial charge in [-0.05, 0) is 66.3 Å². The first kappa shape index (κ1) is 15.3. The van der Waals surface area contributed by atoms with Crippen LogP contribution >= 0.6 is 0 Å². The number of rotatable bonds is 1. The average Bonchev–Trinajstić information content (AvgIpc) is 2.46. The minimum absolute atomic E-state index is 0.186. The molecule has 1 aromatic carbocycles. The number of aryl methyl sites for hydroxylation is 4. The van der Waals surface area contributed by atoms with Gasteiger partial charge in [-0.1, -0.05) is 26.8 Å². The van der Waals surface area contributed by atoms with Gasteiger partial charge in [0.15, 0.2) is 6.20 Å². The maximum Gasteiger partial charge on any atom is 0.212 e. The highest BCUT2D eigenvalue weighted by molar-refractivity contribution is 5.64. The van der Waals surface area contributed by atoms with E-state index in [2.05, 4.69) is 69.8 Å². The van der Waals surface area contributed by atoms with Crippen molar-refractivity contribution >= 4 is 0 Å². The van der Waals surface area contributed by atoms with Crippen LogP contribution in [0.2, 0.25) is 0 Å². The standard InChI is InChI=1S/C21H28N/c1-15-12-16-8-6-7-9-17(16)13-19(15)20-14-18(21(2,3)4)10-11-22(20)5/h10-14H,6-9H2,1-5H3/q+1. The third kappa shape index (κ3) is 2.82. The highest BCUT2D eigenvalue weighted by Gasteiger charge is 2.21. The summed E-state index contributed by atoms with van der Waals surface area (Å²) < 4.78 is 2.26. The molecule has 2 aromatic rings. The summed E-state index contributed by atoms with van der Waals surface area (Å²) in [5.41, 5.74) is 8.85. The van der Waals surface area contributed by atoms with Crippen molar-refractivity contribution in [3.8, 4) is 11.3 Å². The van der Waals surface area contributed by atoms with Crippen LogP contribution in [0.15, 0.2) is 30.5 Å². The van der Waals surface area contributed by atoms with E-state index in [0.29, 0.717) is 0 Å². The molecular formula is C21H28N+. The zero-order valence-corrected chi connectivity index (χ0v) is 14.7. The van der Waals surface area contributed by atoms with Gasteiger partial charge in [-0.25, -0.2) is 4.57 Å². The van der Waals surface area contributed by atoms with Gasteiger partial charge >= 0.3 is 0 Å². The second kappa shape index (κ2) is 5.53. The first-order valence-electron chi connectivity index (χ1n) is 8.49. The molecule has 0 N–H and O–H groups in total. The fourth-order valence-electron chi connectivity index (χ4n) is 3.49. The summed E-state index contributed by atoms with van der Waals surface area (Å²) in [7, 11) is 2.15. The zero-order chi connectivity index (χ0) is 15.9. The molecule has 0 fully saturated rings. The predicted molar refractivity (Wildman–Crippen MR) is 93.1 cm³/mol. The van der Waals surface area contributed by atoms with Crippen LogP contribution in [0.3, 0.4) is 0 Å². The highest BCUT2D eigenvalue weighted by atomic mass is 14.9. The largest absolute Gasteiger partial charge is 0.212 e. The molecule has 1 heterocycles. The third-order valence-corrected chi connectivity index (χ3v) is 4.98. The first-order chi connectivity index (χ1) is 10.4. The summed E-state index contributed by atoms with van der Waals surface area (Å²) >= 11 is 0. The van der Waals surface area contributed by atoms with E-state index >= 15 is 0 Å². The van der Waals surface area contributed by atoms with Crippen molar-refractivity contribution in [1.82, 2.24) is 0 Å². The molecule has 0 atom stereocenters. The lowest BCUT2D eigenvalue weighted by Crippen LogP contribution is -2.32. The van der Waals surface area contributed by atoms with Crippen molar-refractivity contribution in [3.63, 3.8) is 0 Å². The Balaban J connectivity index is 2.15. The van der Waals surface area contributed by atoms with Gasteiger partial charge in [-0.2, -0.15) is 0 Å². The van der Waals surface area contributed by atoms with Crippen LogP contribution in [0, 0.1) is 6.92 Å². The van der Waals surface area contributed by atoms with Crippen molar-refractivity contribution in [2.24, 2.45) is 7.05 Å². The Labute approximate surface area is 135 Å². The summed E-state index contributed by atoms with van der Waals surface area (Å²) in [5.74, 6) is 0. The van der Waals surface area contributed by atoms with Crippen molar-refractivity contribution in [2.75, 3.05) is 0 Å². The Morgan fingerprint density at radius 2 is 1.59 bits per heavy atom. The van der Waals surface area contributed by atoms with E-state index in [1.807, 2.05) is 0 Å². The number of pyridine rings is 1. The molecule has 1 aromatic heterocycles. The molecule has 22 heavy (non-hydrogen) atoms. The normalized spacial score (nSPS) is 14.8. The van der Waals surface area contributed by atoms with E-state index in [4.69, 9.17) is 0 Å². The maximum atomic E-state index is 2.45. The molecule has 0 spiro atoms. The molecule has 1 aliphatic rings. The van der Waals surface area contributed by atoms with Crippen LogP contribution in [0.25, 0.3) is 11.3 Å². The van der Waals surface area contributed by atoms with Gasteiger partial charge in [-0.15, -0.1) is 0 Å². The Morgan fingerprint density at radius 3 is 2.23 bits per heavy atom. The fourth-order valence-corrected chi connectivity index (χ4v) is 3.49. The number of aromatic nitrogens is 1. The monoisotopic (exact) mass is 294 g/mol. The van der Waals surface area contributed by atoms with E-state index in [1.165, 1.54) is 48.1 Å². The van der Waals surface area contributed by atoms with E-state index in [0.717, 1.165) is 0 Å². The molecule has 1 aliphatic carbocycles. The molecule has 3 rings (SSSR count). The van der Waals surface area contributed by atoms with Crippen LogP contribution < -0.4 is 4.57 Å². The molecule has 116 valence electrons. The minimum Gasteiger partial charge on any atom is -0.201 e. The van der Waals surface area contributed by atoms with Crippen molar-refractivity contribution in [3.05, 3.63) is 52.7 Å². The fraction of sp³-hybridized carbons (Fsp3) is 0.476. The van der Waals surface area contributed by atoms with Gasteiger partial charge in [0.1, 0.15) is 7.05 Å². The van der Waals surface area contributed by atoms with E-state index < -0.39 is 0 Å². The summed E-state index contributed by atoms with van der Waals surface area (Å²) in [6, 6.07) is 9.49. The molecule has 0 amide bonds. The summed E-state index contributed by atoms with van der Waals surface area (Å²) in [6.45, 7) is 9.11. The van der Waals surface area contributed by atoms with Crippen LogP contribution in [-0.4, -0.2) is 0 Å². The quantitative estimate of drug-likeness (QED) is 0.673. The lowest BCUT2D eigenvalue weighted by Gasteiger charge is -2.20. The van der Waals surface area contributed by atoms with E-state index in [-0.39, 0.29) is 5.41 Å². The average molecular weight is 294 g/mol. The molecule has 0 unspecified atom stereocenters. The molecule has 1 heteroatoms. The summed E-state index contributed by atoms with van der Waals surface area (Å²) in [4.78, 5) is 0. The number of fused-ring (bicyclic) bond motifs is 1. The molecule has 0 saturated heterocycles. The Bertz CT molecular complexity index is 705. The maximum absolute atomic E-state index is 2.45. The highest BCUT2D eigenvalue weighted by Crippen LogP contribution is 2.31. The van der Waals surface area contributed by atoms with Crippen LogP contribution in [0.1, 0.15) is 55.9 Å². The van der Waals surface area contributed by atoms with Crippen LogP contribution in [-0.2, 0) is 25.3 Å². The number of hydrogen-bond acceptors (Lipinski definition) is 0. The Hall–Kier alpha value is -1.63. The van der Waals surface area contributed by atoms with E-state index in [1.54, 1.807) is 11.1 Å². The van der Waals surface area contributed by atoms with Crippen molar-refractivity contribution in [1.29, 1.82) is 0 Å². The molecule has 1 nitrogen and oxygen atoms in total. The van der Waals surface area contributed by atoms with Gasteiger partial charge in [0, 0.05) is 17.7 Å². The van der Waals surface area contributed by atoms with Gasteiger partial charge in [0.05, 0.1) is 0 Å². The third-order valence-electron chi connectivity index (χ3n) is 4.98. The van der Waals surface area contributed by atoms with Gasteiger partial charge in [0.25, 0.3) is 0 Å². The number of hydrogen-bond donors (Lipinski definition) is 0. The molecular weight excluding hydrogens is 266 g/mol. The summed E-state index contributed by atoms with van der Waals surface area (Å²) in [6.07, 6.45) is 7.38. The molecule has 0 bridgehead atoms. The molecule has 0 radical (unpaired) electrons. The van der Waals surface area contributed by atoms with Crippen molar-refractivity contribution < 1.29 is 4.57 Å². The van der Waals surface area contributed by atoms with Gasteiger partial charge < -0.3 is 0 Å². The van der Waals surface area contributed by atoms with Crippen LogP contribution in [0.4, 0.5) is 0 Å². The predicted octanol–water partition coefficient (Wildman–Crippen LogP) is 4.66. The summed E-state index contributed by atoms with van der Waals surface area (Å²) in [5, 5.41) is 0. The molecule has 0 aliphatic heterocycles. The minimum atomic E-state index is 0.186. The van der Waals surface area contributed by atoms with E-state index in [9.17, 15) is 0 Å². The molecule has 0 saturated carbocycles.